The molecule has 4 heteroatoms. The number of likely N-dealkylation sites (tertiary alicyclic amines) is 2. The van der Waals surface area contributed by atoms with E-state index in [-0.39, 0.29) is 0 Å². The van der Waals surface area contributed by atoms with Crippen LogP contribution in [0.4, 0.5) is 0 Å². The van der Waals surface area contributed by atoms with E-state index >= 15 is 0 Å². The van der Waals surface area contributed by atoms with Crippen LogP contribution in [0.25, 0.3) is 0 Å². The van der Waals surface area contributed by atoms with Crippen LogP contribution in [-0.4, -0.2) is 53.7 Å². The van der Waals surface area contributed by atoms with Gasteiger partial charge in [-0.2, -0.15) is 5.26 Å². The van der Waals surface area contributed by atoms with Crippen LogP contribution in [0.1, 0.15) is 42.9 Å². The molecule has 1 aromatic carbocycles. The van der Waals surface area contributed by atoms with Crippen LogP contribution < -0.4 is 0 Å². The van der Waals surface area contributed by atoms with Gasteiger partial charge < -0.3 is 14.9 Å². The van der Waals surface area contributed by atoms with Gasteiger partial charge >= 0.3 is 0 Å². The molecular formula is C18H25N3O. The molecule has 0 saturated carbocycles. The SMILES string of the molecule is N#Cc1ccc(C(O)CN2CCC(N3CCCC3)CC2)cc1. The number of nitriles is 1. The van der Waals surface area contributed by atoms with E-state index in [0.717, 1.165) is 24.7 Å². The first-order valence-electron chi connectivity index (χ1n) is 8.41. The zero-order chi connectivity index (χ0) is 15.4. The van der Waals surface area contributed by atoms with Crippen molar-refractivity contribution in [3.8, 4) is 6.07 Å². The maximum absolute atomic E-state index is 10.4. The van der Waals surface area contributed by atoms with Crippen molar-refractivity contribution in [2.24, 2.45) is 0 Å². The van der Waals surface area contributed by atoms with Gasteiger partial charge in [0.25, 0.3) is 0 Å². The first-order valence-corrected chi connectivity index (χ1v) is 8.41. The summed E-state index contributed by atoms with van der Waals surface area (Å²) < 4.78 is 0. The molecule has 2 saturated heterocycles. The minimum atomic E-state index is -0.462. The summed E-state index contributed by atoms with van der Waals surface area (Å²) in [7, 11) is 0. The minimum absolute atomic E-state index is 0.462. The lowest BCUT2D eigenvalue weighted by Crippen LogP contribution is -2.44. The van der Waals surface area contributed by atoms with Crippen LogP contribution in [0, 0.1) is 11.3 Å². The second kappa shape index (κ2) is 7.23. The molecule has 2 aliphatic rings. The zero-order valence-electron chi connectivity index (χ0n) is 13.1. The average Bonchev–Trinajstić information content (AvgIpc) is 3.10. The topological polar surface area (TPSA) is 50.5 Å². The van der Waals surface area contributed by atoms with E-state index in [1.165, 1.54) is 38.8 Å². The van der Waals surface area contributed by atoms with Crippen molar-refractivity contribution >= 4 is 0 Å². The summed E-state index contributed by atoms with van der Waals surface area (Å²) in [6.45, 7) is 5.40. The number of hydrogen-bond donors (Lipinski definition) is 1. The van der Waals surface area contributed by atoms with Gasteiger partial charge in [-0.05, 0) is 69.6 Å². The predicted molar refractivity (Wildman–Crippen MR) is 86.4 cm³/mol. The fourth-order valence-corrected chi connectivity index (χ4v) is 3.70. The Morgan fingerprint density at radius 2 is 1.73 bits per heavy atom. The van der Waals surface area contributed by atoms with Crippen LogP contribution >= 0.6 is 0 Å². The molecule has 1 N–H and O–H groups in total. The van der Waals surface area contributed by atoms with Gasteiger partial charge in [0.05, 0.1) is 17.7 Å². The second-order valence-electron chi connectivity index (χ2n) is 6.52. The number of benzene rings is 1. The van der Waals surface area contributed by atoms with Crippen LogP contribution in [0.2, 0.25) is 0 Å². The van der Waals surface area contributed by atoms with Crippen LogP contribution in [0.3, 0.4) is 0 Å². The fraction of sp³-hybridized carbons (Fsp3) is 0.611. The van der Waals surface area contributed by atoms with Crippen LogP contribution in [0.5, 0.6) is 0 Å². The lowest BCUT2D eigenvalue weighted by atomic mass is 10.0. The highest BCUT2D eigenvalue weighted by atomic mass is 16.3. The Kier molecular flexibility index (Phi) is 5.09. The van der Waals surface area contributed by atoms with Crippen molar-refractivity contribution in [3.05, 3.63) is 35.4 Å². The fourth-order valence-electron chi connectivity index (χ4n) is 3.70. The Morgan fingerprint density at radius 3 is 2.32 bits per heavy atom. The highest BCUT2D eigenvalue weighted by molar-refractivity contribution is 5.32. The zero-order valence-corrected chi connectivity index (χ0v) is 13.1. The van der Waals surface area contributed by atoms with E-state index in [9.17, 15) is 5.11 Å². The number of piperidine rings is 1. The van der Waals surface area contributed by atoms with Crippen LogP contribution in [-0.2, 0) is 0 Å². The van der Waals surface area contributed by atoms with E-state index in [1.807, 2.05) is 12.1 Å². The third-order valence-corrected chi connectivity index (χ3v) is 5.07. The molecule has 0 spiro atoms. The monoisotopic (exact) mass is 299 g/mol. The molecule has 0 aliphatic carbocycles. The van der Waals surface area contributed by atoms with Crippen molar-refractivity contribution in [2.75, 3.05) is 32.7 Å². The molecule has 0 amide bonds. The van der Waals surface area contributed by atoms with Crippen molar-refractivity contribution in [1.82, 2.24) is 9.80 Å². The molecule has 22 heavy (non-hydrogen) atoms. The lowest BCUT2D eigenvalue weighted by molar-refractivity contribution is 0.0739. The Bertz CT molecular complexity index is 508. The molecule has 0 radical (unpaired) electrons. The normalized spacial score (nSPS) is 22.5. The van der Waals surface area contributed by atoms with Crippen molar-refractivity contribution in [3.63, 3.8) is 0 Å². The van der Waals surface area contributed by atoms with Gasteiger partial charge in [0.1, 0.15) is 0 Å². The van der Waals surface area contributed by atoms with Gasteiger partial charge in [0.2, 0.25) is 0 Å². The van der Waals surface area contributed by atoms with E-state index in [4.69, 9.17) is 5.26 Å². The largest absolute Gasteiger partial charge is 0.387 e. The van der Waals surface area contributed by atoms with E-state index < -0.39 is 6.10 Å². The first kappa shape index (κ1) is 15.5. The number of nitrogens with zero attached hydrogens (tertiary/aromatic N) is 3. The summed E-state index contributed by atoms with van der Waals surface area (Å²) in [6.07, 6.45) is 4.70. The minimum Gasteiger partial charge on any atom is -0.387 e. The Labute approximate surface area is 133 Å². The third-order valence-electron chi connectivity index (χ3n) is 5.07. The molecule has 0 aromatic heterocycles. The van der Waals surface area contributed by atoms with E-state index in [2.05, 4.69) is 15.9 Å². The summed E-state index contributed by atoms with van der Waals surface area (Å²) in [5, 5.41) is 19.2. The predicted octanol–water partition coefficient (Wildman–Crippen LogP) is 2.15. The maximum atomic E-state index is 10.4. The number of β-amino-alcohol motifs (C(OH)–C–C–N with tert-alkyl or cyclic N) is 1. The van der Waals surface area contributed by atoms with Crippen molar-refractivity contribution in [1.29, 1.82) is 5.26 Å². The van der Waals surface area contributed by atoms with Gasteiger partial charge in [0, 0.05) is 12.6 Å². The summed E-state index contributed by atoms with van der Waals surface area (Å²) in [5.74, 6) is 0. The van der Waals surface area contributed by atoms with Gasteiger partial charge in [-0.15, -0.1) is 0 Å². The standard InChI is InChI=1S/C18H25N3O/c19-13-15-3-5-16(6-4-15)18(22)14-20-11-7-17(8-12-20)21-9-1-2-10-21/h3-6,17-18,22H,1-2,7-12,14H2. The lowest BCUT2D eigenvalue weighted by Gasteiger charge is -2.37. The Balaban J connectivity index is 1.48. The van der Waals surface area contributed by atoms with Gasteiger partial charge in [-0.25, -0.2) is 0 Å². The van der Waals surface area contributed by atoms with Gasteiger partial charge in [-0.3, -0.25) is 0 Å². The molecule has 1 atom stereocenters. The number of aliphatic hydroxyl groups excluding tert-OH is 1. The number of aliphatic hydroxyl groups is 1. The molecule has 2 fully saturated rings. The summed E-state index contributed by atoms with van der Waals surface area (Å²) in [4.78, 5) is 5.02. The van der Waals surface area contributed by atoms with Crippen molar-refractivity contribution in [2.45, 2.75) is 37.8 Å². The van der Waals surface area contributed by atoms with Crippen LogP contribution in [0.15, 0.2) is 24.3 Å². The van der Waals surface area contributed by atoms with E-state index in [0.29, 0.717) is 12.1 Å². The summed E-state index contributed by atoms with van der Waals surface area (Å²) in [5.41, 5.74) is 1.54. The highest BCUT2D eigenvalue weighted by Crippen LogP contribution is 2.23. The maximum Gasteiger partial charge on any atom is 0.0991 e. The smallest absolute Gasteiger partial charge is 0.0991 e. The Hall–Kier alpha value is -1.41. The van der Waals surface area contributed by atoms with Gasteiger partial charge in [0.15, 0.2) is 0 Å². The summed E-state index contributed by atoms with van der Waals surface area (Å²) >= 11 is 0. The molecule has 4 nitrogen and oxygen atoms in total. The van der Waals surface area contributed by atoms with Crippen molar-refractivity contribution < 1.29 is 5.11 Å². The molecule has 3 rings (SSSR count). The molecule has 2 heterocycles. The average molecular weight is 299 g/mol. The quantitative estimate of drug-likeness (QED) is 0.925. The molecular weight excluding hydrogens is 274 g/mol. The van der Waals surface area contributed by atoms with E-state index in [1.54, 1.807) is 12.1 Å². The first-order chi connectivity index (χ1) is 10.8. The highest BCUT2D eigenvalue weighted by Gasteiger charge is 2.27. The Morgan fingerprint density at radius 1 is 1.09 bits per heavy atom. The molecule has 1 aromatic rings. The molecule has 2 aliphatic heterocycles. The number of hydrogen-bond acceptors (Lipinski definition) is 4. The molecule has 1 unspecified atom stereocenters. The summed E-state index contributed by atoms with van der Waals surface area (Å²) in [6, 6.07) is 10.1. The second-order valence-corrected chi connectivity index (χ2v) is 6.52. The molecule has 118 valence electrons. The molecule has 0 bridgehead atoms. The van der Waals surface area contributed by atoms with Gasteiger partial charge in [-0.1, -0.05) is 12.1 Å². The number of rotatable bonds is 4. The third kappa shape index (κ3) is 3.67.